The first kappa shape index (κ1) is 16.5. The van der Waals surface area contributed by atoms with Crippen LogP contribution in [0.2, 0.25) is 0 Å². The van der Waals surface area contributed by atoms with Crippen molar-refractivity contribution in [3.05, 3.63) is 29.3 Å². The van der Waals surface area contributed by atoms with Gasteiger partial charge >= 0.3 is 0 Å². The number of benzene rings is 1. The molecule has 1 rings (SSSR count). The van der Waals surface area contributed by atoms with Crippen LogP contribution in [-0.4, -0.2) is 30.3 Å². The van der Waals surface area contributed by atoms with Crippen LogP contribution in [0.5, 0.6) is 5.75 Å². The van der Waals surface area contributed by atoms with Crippen LogP contribution < -0.4 is 10.1 Å². The van der Waals surface area contributed by atoms with Crippen molar-refractivity contribution < 1.29 is 14.6 Å². The molecule has 0 saturated heterocycles. The van der Waals surface area contributed by atoms with Crippen LogP contribution in [0.25, 0.3) is 0 Å². The molecule has 0 radical (unpaired) electrons. The van der Waals surface area contributed by atoms with Crippen LogP contribution in [0.3, 0.4) is 0 Å². The quantitative estimate of drug-likeness (QED) is 0.804. The lowest BCUT2D eigenvalue weighted by molar-refractivity contribution is -0.124. The maximum atomic E-state index is 11.8. The van der Waals surface area contributed by atoms with Crippen LogP contribution in [0, 0.1) is 19.8 Å². The minimum Gasteiger partial charge on any atom is -0.484 e. The molecule has 0 aliphatic heterocycles. The van der Waals surface area contributed by atoms with E-state index in [1.807, 2.05) is 32.0 Å². The molecule has 0 fully saturated rings. The fourth-order valence-corrected chi connectivity index (χ4v) is 2.12. The molecule has 0 heterocycles. The van der Waals surface area contributed by atoms with Crippen LogP contribution in [0.1, 0.15) is 31.4 Å². The van der Waals surface area contributed by atoms with E-state index in [2.05, 4.69) is 19.2 Å². The highest BCUT2D eigenvalue weighted by atomic mass is 16.5. The smallest absolute Gasteiger partial charge is 0.258 e. The number of nitrogens with one attached hydrogen (secondary N) is 1. The fourth-order valence-electron chi connectivity index (χ4n) is 2.12. The number of ether oxygens (including phenoxy) is 1. The Balaban J connectivity index is 2.46. The molecule has 4 heteroatoms. The van der Waals surface area contributed by atoms with E-state index in [1.54, 1.807) is 0 Å². The van der Waals surface area contributed by atoms with Crippen molar-refractivity contribution in [3.63, 3.8) is 0 Å². The van der Waals surface area contributed by atoms with Crippen molar-refractivity contribution in [2.24, 2.45) is 5.92 Å². The molecule has 1 unspecified atom stereocenters. The summed E-state index contributed by atoms with van der Waals surface area (Å²) >= 11 is 0. The summed E-state index contributed by atoms with van der Waals surface area (Å²) in [5.74, 6) is 0.938. The highest BCUT2D eigenvalue weighted by Gasteiger charge is 2.13. The molecule has 1 aromatic rings. The maximum absolute atomic E-state index is 11.8. The first-order chi connectivity index (χ1) is 9.42. The topological polar surface area (TPSA) is 58.6 Å². The summed E-state index contributed by atoms with van der Waals surface area (Å²) in [5, 5.41) is 12.0. The molecule has 112 valence electrons. The molecule has 0 bridgehead atoms. The summed E-state index contributed by atoms with van der Waals surface area (Å²) in [6, 6.07) is 5.64. The van der Waals surface area contributed by atoms with Gasteiger partial charge in [-0.1, -0.05) is 31.5 Å². The van der Waals surface area contributed by atoms with Crippen LogP contribution in [-0.2, 0) is 4.79 Å². The zero-order chi connectivity index (χ0) is 15.1. The molecular weight excluding hydrogens is 254 g/mol. The highest BCUT2D eigenvalue weighted by molar-refractivity contribution is 5.77. The lowest BCUT2D eigenvalue weighted by atomic mass is 10.0. The van der Waals surface area contributed by atoms with Gasteiger partial charge in [0.2, 0.25) is 0 Å². The van der Waals surface area contributed by atoms with Gasteiger partial charge in [0, 0.05) is 0 Å². The Labute approximate surface area is 121 Å². The highest BCUT2D eigenvalue weighted by Crippen LogP contribution is 2.18. The van der Waals surface area contributed by atoms with Gasteiger partial charge in [0.1, 0.15) is 5.75 Å². The van der Waals surface area contributed by atoms with Gasteiger partial charge in [0.25, 0.3) is 5.91 Å². The Morgan fingerprint density at radius 1 is 1.35 bits per heavy atom. The molecule has 0 spiro atoms. The average molecular weight is 279 g/mol. The van der Waals surface area contributed by atoms with Crippen molar-refractivity contribution in [3.8, 4) is 5.75 Å². The second kappa shape index (κ2) is 7.90. The summed E-state index contributed by atoms with van der Waals surface area (Å²) in [5.41, 5.74) is 2.18. The van der Waals surface area contributed by atoms with Gasteiger partial charge in [0.15, 0.2) is 6.61 Å². The average Bonchev–Trinajstić information content (AvgIpc) is 2.36. The van der Waals surface area contributed by atoms with E-state index in [0.717, 1.165) is 23.3 Å². The van der Waals surface area contributed by atoms with Crippen LogP contribution >= 0.6 is 0 Å². The zero-order valence-corrected chi connectivity index (χ0v) is 12.8. The molecule has 2 N–H and O–H groups in total. The summed E-state index contributed by atoms with van der Waals surface area (Å²) in [6.45, 7) is 8.00. The van der Waals surface area contributed by atoms with E-state index >= 15 is 0 Å². The summed E-state index contributed by atoms with van der Waals surface area (Å²) in [7, 11) is 0. The Hall–Kier alpha value is -1.55. The molecule has 0 aliphatic rings. The third-order valence-electron chi connectivity index (χ3n) is 3.03. The minimum atomic E-state index is -0.204. The Bertz CT molecular complexity index is 443. The number of aliphatic hydroxyl groups excluding tert-OH is 1. The monoisotopic (exact) mass is 279 g/mol. The number of amides is 1. The molecule has 1 atom stereocenters. The summed E-state index contributed by atoms with van der Waals surface area (Å²) < 4.78 is 5.51. The Kier molecular flexibility index (Phi) is 6.52. The van der Waals surface area contributed by atoms with E-state index in [4.69, 9.17) is 4.74 Å². The molecular formula is C16H25NO3. The van der Waals surface area contributed by atoms with Gasteiger partial charge in [0.05, 0.1) is 12.6 Å². The summed E-state index contributed by atoms with van der Waals surface area (Å²) in [6.07, 6.45) is 0.756. The molecule has 1 amide bonds. The first-order valence-corrected chi connectivity index (χ1v) is 7.02. The molecule has 0 aliphatic carbocycles. The lowest BCUT2D eigenvalue weighted by Crippen LogP contribution is -2.40. The lowest BCUT2D eigenvalue weighted by Gasteiger charge is -2.18. The normalized spacial score (nSPS) is 12.3. The molecule has 4 nitrogen and oxygen atoms in total. The van der Waals surface area contributed by atoms with Crippen LogP contribution in [0.15, 0.2) is 18.2 Å². The minimum absolute atomic E-state index is 0.0293. The molecule has 0 aromatic heterocycles. The SMILES string of the molecule is Cc1ccc(OCC(=O)NC(CO)CC(C)C)c(C)c1. The Morgan fingerprint density at radius 2 is 2.05 bits per heavy atom. The van der Waals surface area contributed by atoms with Gasteiger partial charge in [-0.15, -0.1) is 0 Å². The second-order valence-electron chi connectivity index (χ2n) is 5.63. The molecule has 1 aromatic carbocycles. The molecule has 20 heavy (non-hydrogen) atoms. The summed E-state index contributed by atoms with van der Waals surface area (Å²) in [4.78, 5) is 11.8. The third-order valence-corrected chi connectivity index (χ3v) is 3.03. The van der Waals surface area contributed by atoms with Crippen molar-refractivity contribution in [1.29, 1.82) is 0 Å². The van der Waals surface area contributed by atoms with Crippen molar-refractivity contribution in [1.82, 2.24) is 5.32 Å². The van der Waals surface area contributed by atoms with E-state index < -0.39 is 0 Å². The fraction of sp³-hybridized carbons (Fsp3) is 0.562. The van der Waals surface area contributed by atoms with Crippen molar-refractivity contribution in [2.75, 3.05) is 13.2 Å². The van der Waals surface area contributed by atoms with Gasteiger partial charge < -0.3 is 15.2 Å². The van der Waals surface area contributed by atoms with Gasteiger partial charge in [-0.3, -0.25) is 4.79 Å². The van der Waals surface area contributed by atoms with Gasteiger partial charge in [-0.2, -0.15) is 0 Å². The number of hydrogen-bond acceptors (Lipinski definition) is 3. The standard InChI is InChI=1S/C16H25NO3/c1-11(2)7-14(9-18)17-16(19)10-20-15-6-5-12(3)8-13(15)4/h5-6,8,11,14,18H,7,9-10H2,1-4H3,(H,17,19). The predicted molar refractivity (Wildman–Crippen MR) is 79.9 cm³/mol. The largest absolute Gasteiger partial charge is 0.484 e. The van der Waals surface area contributed by atoms with E-state index in [-0.39, 0.29) is 25.2 Å². The van der Waals surface area contributed by atoms with Crippen LogP contribution in [0.4, 0.5) is 0 Å². The van der Waals surface area contributed by atoms with E-state index in [1.165, 1.54) is 0 Å². The number of carbonyl (C=O) groups excluding carboxylic acids is 1. The van der Waals surface area contributed by atoms with E-state index in [9.17, 15) is 9.90 Å². The maximum Gasteiger partial charge on any atom is 0.258 e. The second-order valence-corrected chi connectivity index (χ2v) is 5.63. The zero-order valence-electron chi connectivity index (χ0n) is 12.8. The third kappa shape index (κ3) is 5.61. The molecule has 0 saturated carbocycles. The predicted octanol–water partition coefficient (Wildman–Crippen LogP) is 2.21. The number of aliphatic hydroxyl groups is 1. The van der Waals surface area contributed by atoms with Crippen molar-refractivity contribution in [2.45, 2.75) is 40.2 Å². The van der Waals surface area contributed by atoms with E-state index in [0.29, 0.717) is 5.92 Å². The van der Waals surface area contributed by atoms with Crippen molar-refractivity contribution >= 4 is 5.91 Å². The Morgan fingerprint density at radius 3 is 2.60 bits per heavy atom. The first-order valence-electron chi connectivity index (χ1n) is 7.02. The number of hydrogen-bond donors (Lipinski definition) is 2. The van der Waals surface area contributed by atoms with Gasteiger partial charge in [-0.25, -0.2) is 0 Å². The van der Waals surface area contributed by atoms with Gasteiger partial charge in [-0.05, 0) is 37.8 Å². The number of carbonyl (C=O) groups is 1. The number of aryl methyl sites for hydroxylation is 2. The number of rotatable bonds is 7.